The second-order valence-corrected chi connectivity index (χ2v) is 5.03. The van der Waals surface area contributed by atoms with Crippen molar-refractivity contribution in [2.24, 2.45) is 5.73 Å². The maximum Gasteiger partial charge on any atom is 0.263 e. The third kappa shape index (κ3) is 2.30. The molecular weight excluding hydrogens is 246 g/mol. The molecule has 0 atom stereocenters. The van der Waals surface area contributed by atoms with Gasteiger partial charge in [0, 0.05) is 6.54 Å². The highest BCUT2D eigenvalue weighted by Gasteiger charge is 2.23. The monoisotopic (exact) mass is 259 g/mol. The molecular formula is C9H13N3O2S2. The van der Waals surface area contributed by atoms with E-state index in [0.717, 1.165) is 0 Å². The quantitative estimate of drug-likeness (QED) is 0.700. The van der Waals surface area contributed by atoms with E-state index in [1.165, 1.54) is 23.1 Å². The van der Waals surface area contributed by atoms with Crippen molar-refractivity contribution < 1.29 is 9.59 Å². The first-order valence-electron chi connectivity index (χ1n) is 4.57. The lowest BCUT2D eigenvalue weighted by Crippen LogP contribution is -2.23. The summed E-state index contributed by atoms with van der Waals surface area (Å²) in [5.41, 5.74) is 11.4. The summed E-state index contributed by atoms with van der Waals surface area (Å²) in [5, 5.41) is 2.64. The van der Waals surface area contributed by atoms with Gasteiger partial charge in [-0.3, -0.25) is 9.59 Å². The molecule has 0 spiro atoms. The molecule has 1 aromatic rings. The van der Waals surface area contributed by atoms with Gasteiger partial charge in [-0.25, -0.2) is 0 Å². The molecule has 0 fully saturated rings. The van der Waals surface area contributed by atoms with Crippen molar-refractivity contribution in [2.75, 3.05) is 18.5 Å². The zero-order valence-corrected chi connectivity index (χ0v) is 10.6. The van der Waals surface area contributed by atoms with E-state index in [0.29, 0.717) is 15.6 Å². The highest BCUT2D eigenvalue weighted by molar-refractivity contribution is 8.00. The summed E-state index contributed by atoms with van der Waals surface area (Å²) in [7, 11) is 0. The van der Waals surface area contributed by atoms with E-state index in [4.69, 9.17) is 11.5 Å². The van der Waals surface area contributed by atoms with Crippen molar-refractivity contribution in [1.29, 1.82) is 0 Å². The minimum Gasteiger partial charge on any atom is -0.397 e. The first-order valence-corrected chi connectivity index (χ1v) is 6.61. The van der Waals surface area contributed by atoms with Crippen LogP contribution in [-0.4, -0.2) is 24.6 Å². The first kappa shape index (κ1) is 12.9. The number of nitrogens with two attached hydrogens (primary N) is 2. The number of primary amides is 1. The largest absolute Gasteiger partial charge is 0.397 e. The van der Waals surface area contributed by atoms with Gasteiger partial charge in [0.1, 0.15) is 4.88 Å². The molecule has 0 saturated heterocycles. The summed E-state index contributed by atoms with van der Waals surface area (Å²) in [6.45, 7) is 2.32. The number of hydrogen-bond acceptors (Lipinski definition) is 5. The van der Waals surface area contributed by atoms with Crippen LogP contribution < -0.4 is 16.8 Å². The van der Waals surface area contributed by atoms with E-state index in [1.54, 1.807) is 6.26 Å². The Kier molecular flexibility index (Phi) is 4.19. The van der Waals surface area contributed by atoms with Crippen LogP contribution in [0, 0.1) is 0 Å². The number of hydrogen-bond donors (Lipinski definition) is 3. The van der Waals surface area contributed by atoms with E-state index < -0.39 is 5.91 Å². The third-order valence-corrected chi connectivity index (χ3v) is 4.21. The Morgan fingerprint density at radius 3 is 2.50 bits per heavy atom. The molecule has 1 heterocycles. The number of thioether (sulfide) groups is 1. The van der Waals surface area contributed by atoms with E-state index in [1.807, 2.05) is 6.92 Å². The number of rotatable bonds is 4. The molecule has 1 aromatic heterocycles. The van der Waals surface area contributed by atoms with Gasteiger partial charge in [0.15, 0.2) is 0 Å². The zero-order chi connectivity index (χ0) is 12.3. The molecule has 0 aliphatic carbocycles. The Morgan fingerprint density at radius 2 is 2.12 bits per heavy atom. The molecule has 0 bridgehead atoms. The van der Waals surface area contributed by atoms with Crippen LogP contribution in [0.1, 0.15) is 27.0 Å². The fraction of sp³-hybridized carbons (Fsp3) is 0.333. The lowest BCUT2D eigenvalue weighted by atomic mass is 10.2. The minimum absolute atomic E-state index is 0.174. The van der Waals surface area contributed by atoms with Crippen molar-refractivity contribution >= 4 is 40.6 Å². The minimum atomic E-state index is -0.603. The van der Waals surface area contributed by atoms with Gasteiger partial charge in [-0.1, -0.05) is 0 Å². The number of carbonyl (C=O) groups excluding carboxylic acids is 2. The number of thiophene rings is 1. The first-order chi connectivity index (χ1) is 7.52. The lowest BCUT2D eigenvalue weighted by Gasteiger charge is -2.00. The molecule has 5 nitrogen and oxygen atoms in total. The predicted molar refractivity (Wildman–Crippen MR) is 67.0 cm³/mol. The summed E-state index contributed by atoms with van der Waals surface area (Å²) >= 11 is 2.54. The number of nitrogens with one attached hydrogen (secondary N) is 1. The molecule has 0 aromatic carbocycles. The summed E-state index contributed by atoms with van der Waals surface area (Å²) < 4.78 is 0.672. The Labute approximate surface area is 102 Å². The van der Waals surface area contributed by atoms with Gasteiger partial charge in [-0.05, 0) is 13.2 Å². The lowest BCUT2D eigenvalue weighted by molar-refractivity contribution is 0.0960. The molecule has 16 heavy (non-hydrogen) atoms. The highest BCUT2D eigenvalue weighted by atomic mass is 32.2. The van der Waals surface area contributed by atoms with E-state index in [9.17, 15) is 9.59 Å². The van der Waals surface area contributed by atoms with Crippen LogP contribution in [0.4, 0.5) is 5.69 Å². The van der Waals surface area contributed by atoms with E-state index in [2.05, 4.69) is 5.32 Å². The number of carbonyl (C=O) groups is 2. The maximum atomic E-state index is 11.6. The highest BCUT2D eigenvalue weighted by Crippen LogP contribution is 2.36. The van der Waals surface area contributed by atoms with Crippen LogP contribution in [0.25, 0.3) is 0 Å². The van der Waals surface area contributed by atoms with Crippen LogP contribution in [0.3, 0.4) is 0 Å². The standard InChI is InChI=1S/C9H13N3O2S2/c1-3-12-8(14)6-5(10)4(7(11)13)9(15-2)16-6/h3,10H2,1-2H3,(H2,11,13)(H,12,14). The molecule has 0 radical (unpaired) electrons. The topological polar surface area (TPSA) is 98.2 Å². The van der Waals surface area contributed by atoms with Gasteiger partial charge in [-0.2, -0.15) is 0 Å². The number of nitrogen functional groups attached to an aromatic ring is 1. The maximum absolute atomic E-state index is 11.6. The molecule has 1 rings (SSSR count). The molecule has 88 valence electrons. The molecule has 5 N–H and O–H groups in total. The fourth-order valence-electron chi connectivity index (χ4n) is 1.21. The summed E-state index contributed by atoms with van der Waals surface area (Å²) in [4.78, 5) is 23.2. The van der Waals surface area contributed by atoms with E-state index >= 15 is 0 Å². The third-order valence-electron chi connectivity index (χ3n) is 1.89. The Hall–Kier alpha value is -1.21. The van der Waals surface area contributed by atoms with Crippen molar-refractivity contribution in [3.05, 3.63) is 10.4 Å². The van der Waals surface area contributed by atoms with Gasteiger partial charge >= 0.3 is 0 Å². The smallest absolute Gasteiger partial charge is 0.263 e. The van der Waals surface area contributed by atoms with Crippen LogP contribution in [0.15, 0.2) is 4.21 Å². The van der Waals surface area contributed by atoms with Gasteiger partial charge in [0.2, 0.25) is 0 Å². The average molecular weight is 259 g/mol. The molecule has 7 heteroatoms. The fourth-order valence-corrected chi connectivity index (χ4v) is 3.08. The Morgan fingerprint density at radius 1 is 1.50 bits per heavy atom. The van der Waals surface area contributed by atoms with Gasteiger partial charge in [0.05, 0.1) is 15.5 Å². The summed E-state index contributed by atoms with van der Waals surface area (Å²) in [5.74, 6) is -0.874. The Balaban J connectivity index is 3.23. The molecule has 0 unspecified atom stereocenters. The molecule has 0 aliphatic heterocycles. The van der Waals surface area contributed by atoms with Crippen molar-refractivity contribution in [1.82, 2.24) is 5.32 Å². The number of anilines is 1. The van der Waals surface area contributed by atoms with Crippen LogP contribution in [0.5, 0.6) is 0 Å². The number of amides is 2. The normalized spacial score (nSPS) is 10.1. The predicted octanol–water partition coefficient (Wildman–Crippen LogP) is 0.901. The van der Waals surface area contributed by atoms with Crippen molar-refractivity contribution in [2.45, 2.75) is 11.1 Å². The molecule has 0 saturated carbocycles. The van der Waals surface area contributed by atoms with Crippen molar-refractivity contribution in [3.63, 3.8) is 0 Å². The Bertz CT molecular complexity index is 429. The van der Waals surface area contributed by atoms with Crippen LogP contribution in [0.2, 0.25) is 0 Å². The molecule has 0 aliphatic rings. The van der Waals surface area contributed by atoms with Gasteiger partial charge < -0.3 is 16.8 Å². The average Bonchev–Trinajstić information content (AvgIpc) is 2.55. The second kappa shape index (κ2) is 5.22. The van der Waals surface area contributed by atoms with Crippen molar-refractivity contribution in [3.8, 4) is 0 Å². The van der Waals surface area contributed by atoms with Crippen LogP contribution in [-0.2, 0) is 0 Å². The summed E-state index contributed by atoms with van der Waals surface area (Å²) in [6.07, 6.45) is 1.80. The van der Waals surface area contributed by atoms with Crippen LogP contribution >= 0.6 is 23.1 Å². The zero-order valence-electron chi connectivity index (χ0n) is 8.99. The summed E-state index contributed by atoms with van der Waals surface area (Å²) in [6, 6.07) is 0. The SMILES string of the molecule is CCNC(=O)c1sc(SC)c(C(N)=O)c1N. The molecule has 2 amide bonds. The van der Waals surface area contributed by atoms with E-state index in [-0.39, 0.29) is 17.2 Å². The van der Waals surface area contributed by atoms with Gasteiger partial charge in [-0.15, -0.1) is 23.1 Å². The second-order valence-electron chi connectivity index (χ2n) is 2.94. The van der Waals surface area contributed by atoms with Gasteiger partial charge in [0.25, 0.3) is 11.8 Å².